The molecule has 0 saturated heterocycles. The van der Waals surface area contributed by atoms with E-state index in [0.717, 1.165) is 17.2 Å². The highest BCUT2D eigenvalue weighted by atomic mass is 35.5. The van der Waals surface area contributed by atoms with Crippen LogP contribution in [0.1, 0.15) is 22.7 Å². The summed E-state index contributed by atoms with van der Waals surface area (Å²) in [7, 11) is 0. The quantitative estimate of drug-likeness (QED) is 0.513. The molecule has 0 spiro atoms. The summed E-state index contributed by atoms with van der Waals surface area (Å²) in [5.74, 6) is 3.58. The second-order valence-corrected chi connectivity index (χ2v) is 5.08. The van der Waals surface area contributed by atoms with E-state index >= 15 is 0 Å². The molecule has 0 saturated carbocycles. The first-order chi connectivity index (χ1) is 9.52. The van der Waals surface area contributed by atoms with Crippen LogP contribution in [0.4, 0.5) is 8.78 Å². The predicted octanol–water partition coefficient (Wildman–Crippen LogP) is 3.67. The fourth-order valence-corrected chi connectivity index (χ4v) is 2.46. The SMILES string of the molecule is Cc1cccc(CC(NN)c2c(Cl)ccc(F)c2F)c1. The second kappa shape index (κ2) is 6.31. The van der Waals surface area contributed by atoms with Crippen molar-refractivity contribution in [3.05, 3.63) is 69.7 Å². The van der Waals surface area contributed by atoms with E-state index in [1.807, 2.05) is 31.2 Å². The topological polar surface area (TPSA) is 38.0 Å². The maximum absolute atomic E-state index is 13.9. The molecule has 0 aliphatic heterocycles. The average Bonchev–Trinajstić information content (AvgIpc) is 2.42. The van der Waals surface area contributed by atoms with Gasteiger partial charge in [-0.25, -0.2) is 8.78 Å². The van der Waals surface area contributed by atoms with Crippen molar-refractivity contribution >= 4 is 11.6 Å². The lowest BCUT2D eigenvalue weighted by Gasteiger charge is -2.19. The van der Waals surface area contributed by atoms with Crippen LogP contribution < -0.4 is 11.3 Å². The highest BCUT2D eigenvalue weighted by molar-refractivity contribution is 6.31. The molecule has 2 aromatic carbocycles. The summed E-state index contributed by atoms with van der Waals surface area (Å²) < 4.78 is 27.3. The molecule has 0 amide bonds. The molecule has 0 aliphatic carbocycles. The molecule has 3 N–H and O–H groups in total. The second-order valence-electron chi connectivity index (χ2n) is 4.67. The van der Waals surface area contributed by atoms with Gasteiger partial charge in [0.05, 0.1) is 6.04 Å². The summed E-state index contributed by atoms with van der Waals surface area (Å²) in [4.78, 5) is 0. The van der Waals surface area contributed by atoms with Gasteiger partial charge < -0.3 is 0 Å². The number of halogens is 3. The van der Waals surface area contributed by atoms with E-state index in [1.165, 1.54) is 6.07 Å². The lowest BCUT2D eigenvalue weighted by Crippen LogP contribution is -2.30. The zero-order valence-electron chi connectivity index (χ0n) is 11.0. The minimum absolute atomic E-state index is 0.0515. The van der Waals surface area contributed by atoms with Crippen LogP contribution >= 0.6 is 11.6 Å². The van der Waals surface area contributed by atoms with E-state index in [0.29, 0.717) is 6.42 Å². The van der Waals surface area contributed by atoms with Gasteiger partial charge in [-0.1, -0.05) is 41.4 Å². The Bertz CT molecular complexity index is 617. The van der Waals surface area contributed by atoms with Crippen LogP contribution in [0.25, 0.3) is 0 Å². The number of hydrogen-bond acceptors (Lipinski definition) is 2. The molecule has 0 aliphatic rings. The molecule has 20 heavy (non-hydrogen) atoms. The molecule has 2 nitrogen and oxygen atoms in total. The predicted molar refractivity (Wildman–Crippen MR) is 76.3 cm³/mol. The van der Waals surface area contributed by atoms with Crippen molar-refractivity contribution in [1.82, 2.24) is 5.43 Å². The molecule has 106 valence electrons. The Balaban J connectivity index is 2.36. The van der Waals surface area contributed by atoms with Crippen molar-refractivity contribution in [2.45, 2.75) is 19.4 Å². The lowest BCUT2D eigenvalue weighted by atomic mass is 9.97. The van der Waals surface area contributed by atoms with Crippen molar-refractivity contribution in [2.75, 3.05) is 0 Å². The summed E-state index contributed by atoms with van der Waals surface area (Å²) >= 11 is 5.97. The first-order valence-electron chi connectivity index (χ1n) is 6.18. The van der Waals surface area contributed by atoms with Gasteiger partial charge in [0.25, 0.3) is 0 Å². The van der Waals surface area contributed by atoms with Crippen molar-refractivity contribution in [2.24, 2.45) is 5.84 Å². The number of hydrazine groups is 1. The van der Waals surface area contributed by atoms with Gasteiger partial charge in [0.2, 0.25) is 0 Å². The third-order valence-corrected chi connectivity index (χ3v) is 3.48. The van der Waals surface area contributed by atoms with Crippen molar-refractivity contribution in [1.29, 1.82) is 0 Å². The number of nitrogens with one attached hydrogen (secondary N) is 1. The van der Waals surface area contributed by atoms with E-state index in [1.54, 1.807) is 0 Å². The van der Waals surface area contributed by atoms with Crippen LogP contribution in [0.5, 0.6) is 0 Å². The number of rotatable bonds is 4. The van der Waals surface area contributed by atoms with Crippen LogP contribution in [-0.2, 0) is 6.42 Å². The molecular weight excluding hydrogens is 282 g/mol. The highest BCUT2D eigenvalue weighted by Crippen LogP contribution is 2.29. The van der Waals surface area contributed by atoms with Gasteiger partial charge >= 0.3 is 0 Å². The fraction of sp³-hybridized carbons (Fsp3) is 0.200. The fourth-order valence-electron chi connectivity index (χ4n) is 2.18. The summed E-state index contributed by atoms with van der Waals surface area (Å²) in [5, 5.41) is 0.152. The molecular formula is C15H15ClF2N2. The van der Waals surface area contributed by atoms with Gasteiger partial charge in [0.15, 0.2) is 11.6 Å². The Morgan fingerprint density at radius 1 is 1.25 bits per heavy atom. The Morgan fingerprint density at radius 2 is 2.00 bits per heavy atom. The number of nitrogens with two attached hydrogens (primary N) is 1. The van der Waals surface area contributed by atoms with Crippen LogP contribution in [0.3, 0.4) is 0 Å². The van der Waals surface area contributed by atoms with Gasteiger partial charge in [0.1, 0.15) is 0 Å². The molecule has 0 fully saturated rings. The van der Waals surface area contributed by atoms with Gasteiger partial charge in [-0.15, -0.1) is 0 Å². The van der Waals surface area contributed by atoms with E-state index in [4.69, 9.17) is 17.4 Å². The van der Waals surface area contributed by atoms with Gasteiger partial charge in [0, 0.05) is 10.6 Å². The Hall–Kier alpha value is -1.49. The Morgan fingerprint density at radius 3 is 2.65 bits per heavy atom. The largest absolute Gasteiger partial charge is 0.271 e. The molecule has 0 radical (unpaired) electrons. The van der Waals surface area contributed by atoms with Crippen molar-refractivity contribution < 1.29 is 8.78 Å². The van der Waals surface area contributed by atoms with E-state index in [9.17, 15) is 8.78 Å². The molecule has 0 bridgehead atoms. The smallest absolute Gasteiger partial charge is 0.165 e. The average molecular weight is 297 g/mol. The standard InChI is InChI=1S/C15H15ClF2N2/c1-9-3-2-4-10(7-9)8-13(20-19)14-11(16)5-6-12(17)15(14)18/h2-7,13,20H,8,19H2,1H3. The van der Waals surface area contributed by atoms with E-state index in [-0.39, 0.29) is 10.6 Å². The summed E-state index contributed by atoms with van der Waals surface area (Å²) in [5.41, 5.74) is 4.61. The maximum atomic E-state index is 13.9. The molecule has 1 unspecified atom stereocenters. The van der Waals surface area contributed by atoms with Crippen molar-refractivity contribution in [3.63, 3.8) is 0 Å². The minimum atomic E-state index is -0.965. The third kappa shape index (κ3) is 3.15. The first kappa shape index (κ1) is 14.9. The minimum Gasteiger partial charge on any atom is -0.271 e. The Labute approximate surface area is 121 Å². The Kier molecular flexibility index (Phi) is 4.70. The van der Waals surface area contributed by atoms with Gasteiger partial charge in [-0.05, 0) is 31.0 Å². The molecule has 2 aromatic rings. The number of hydrogen-bond donors (Lipinski definition) is 2. The zero-order chi connectivity index (χ0) is 14.7. The summed E-state index contributed by atoms with van der Waals surface area (Å²) in [6, 6.07) is 9.47. The van der Waals surface area contributed by atoms with E-state index in [2.05, 4.69) is 5.43 Å². The van der Waals surface area contributed by atoms with Crippen LogP contribution in [0, 0.1) is 18.6 Å². The molecule has 2 rings (SSSR count). The summed E-state index contributed by atoms with van der Waals surface area (Å²) in [6.07, 6.45) is 0.415. The monoisotopic (exact) mass is 296 g/mol. The zero-order valence-corrected chi connectivity index (χ0v) is 11.7. The van der Waals surface area contributed by atoms with Crippen LogP contribution in [0.15, 0.2) is 36.4 Å². The van der Waals surface area contributed by atoms with Gasteiger partial charge in [-0.2, -0.15) is 0 Å². The first-order valence-corrected chi connectivity index (χ1v) is 6.55. The molecule has 0 heterocycles. The molecule has 5 heteroatoms. The van der Waals surface area contributed by atoms with Crippen LogP contribution in [0.2, 0.25) is 5.02 Å². The number of aryl methyl sites for hydroxylation is 1. The maximum Gasteiger partial charge on any atom is 0.165 e. The molecule has 1 atom stereocenters. The lowest BCUT2D eigenvalue weighted by molar-refractivity contribution is 0.464. The number of benzene rings is 2. The summed E-state index contributed by atoms with van der Waals surface area (Å²) in [6.45, 7) is 1.96. The molecule has 0 aromatic heterocycles. The van der Waals surface area contributed by atoms with Crippen LogP contribution in [-0.4, -0.2) is 0 Å². The third-order valence-electron chi connectivity index (χ3n) is 3.15. The van der Waals surface area contributed by atoms with Crippen molar-refractivity contribution in [3.8, 4) is 0 Å². The van der Waals surface area contributed by atoms with E-state index < -0.39 is 17.7 Å². The highest BCUT2D eigenvalue weighted by Gasteiger charge is 2.21. The van der Waals surface area contributed by atoms with Gasteiger partial charge in [-0.3, -0.25) is 11.3 Å². The normalized spacial score (nSPS) is 12.4.